The summed E-state index contributed by atoms with van der Waals surface area (Å²) in [6.07, 6.45) is 0.283. The predicted molar refractivity (Wildman–Crippen MR) is 63.3 cm³/mol. The van der Waals surface area contributed by atoms with E-state index >= 15 is 0 Å². The second-order valence-corrected chi connectivity index (χ2v) is 4.06. The second-order valence-electron chi connectivity index (χ2n) is 3.66. The molecule has 0 aliphatic carbocycles. The molecule has 0 fully saturated rings. The van der Waals surface area contributed by atoms with E-state index in [-0.39, 0.29) is 19.3 Å². The van der Waals surface area contributed by atoms with Crippen molar-refractivity contribution in [2.45, 2.75) is 26.2 Å². The maximum atomic E-state index is 11.4. The van der Waals surface area contributed by atoms with Crippen molar-refractivity contribution in [3.05, 3.63) is 28.8 Å². The highest BCUT2D eigenvalue weighted by atomic mass is 35.5. The summed E-state index contributed by atoms with van der Waals surface area (Å²) in [5.41, 5.74) is 0.933. The third kappa shape index (κ3) is 4.87. The van der Waals surface area contributed by atoms with Crippen molar-refractivity contribution in [2.75, 3.05) is 0 Å². The van der Waals surface area contributed by atoms with Crippen LogP contribution in [0.2, 0.25) is 5.02 Å². The Bertz CT molecular complexity index is 429. The number of carbonyl (C=O) groups is 2. The Hall–Kier alpha value is -1.55. The molecule has 0 amide bonds. The van der Waals surface area contributed by atoms with Crippen molar-refractivity contribution < 1.29 is 19.4 Å². The van der Waals surface area contributed by atoms with Crippen LogP contribution in [0.15, 0.2) is 18.2 Å². The fourth-order valence-electron chi connectivity index (χ4n) is 1.25. The summed E-state index contributed by atoms with van der Waals surface area (Å²) >= 11 is 5.85. The van der Waals surface area contributed by atoms with Crippen LogP contribution >= 0.6 is 11.6 Å². The normalized spacial score (nSPS) is 10.0. The smallest absolute Gasteiger partial charge is 0.311 e. The lowest BCUT2D eigenvalue weighted by Crippen LogP contribution is -2.09. The summed E-state index contributed by atoms with van der Waals surface area (Å²) in [5.74, 6) is -1.09. The zero-order valence-corrected chi connectivity index (χ0v) is 10.2. The lowest BCUT2D eigenvalue weighted by atomic mass is 10.2. The number of benzene rings is 1. The van der Waals surface area contributed by atoms with Crippen LogP contribution in [0.3, 0.4) is 0 Å². The van der Waals surface area contributed by atoms with Crippen LogP contribution < -0.4 is 4.74 Å². The second kappa shape index (κ2) is 6.25. The van der Waals surface area contributed by atoms with Gasteiger partial charge < -0.3 is 9.84 Å². The van der Waals surface area contributed by atoms with Crippen molar-refractivity contribution in [1.82, 2.24) is 0 Å². The number of rotatable bonds is 5. The quantitative estimate of drug-likeness (QED) is 0.650. The van der Waals surface area contributed by atoms with E-state index in [1.807, 2.05) is 13.0 Å². The van der Waals surface area contributed by atoms with Crippen LogP contribution in [0.4, 0.5) is 0 Å². The molecule has 0 bridgehead atoms. The highest BCUT2D eigenvalue weighted by Gasteiger charge is 2.09. The standard InChI is InChI=1S/C12H13ClO4/c1-8-5-6-9(13)10(7-8)17-12(16)4-2-3-11(14)15/h5-7H,2-4H2,1H3,(H,14,15). The fraction of sp³-hybridized carbons (Fsp3) is 0.333. The molecule has 0 spiro atoms. The molecule has 1 aromatic carbocycles. The van der Waals surface area contributed by atoms with Crippen LogP contribution in [0, 0.1) is 6.92 Å². The molecule has 0 saturated carbocycles. The third-order valence-electron chi connectivity index (χ3n) is 2.08. The van der Waals surface area contributed by atoms with E-state index in [1.54, 1.807) is 12.1 Å². The van der Waals surface area contributed by atoms with Gasteiger partial charge in [-0.25, -0.2) is 0 Å². The Labute approximate surface area is 104 Å². The molecule has 0 aromatic heterocycles. The Morgan fingerprint density at radius 2 is 2.06 bits per heavy atom. The molecule has 0 atom stereocenters. The van der Waals surface area contributed by atoms with Crippen LogP contribution in [0.1, 0.15) is 24.8 Å². The minimum atomic E-state index is -0.925. The van der Waals surface area contributed by atoms with Gasteiger partial charge in [0.15, 0.2) is 0 Å². The summed E-state index contributed by atoms with van der Waals surface area (Å²) in [6, 6.07) is 5.12. The molecule has 0 radical (unpaired) electrons. The van der Waals surface area contributed by atoms with Gasteiger partial charge >= 0.3 is 11.9 Å². The van der Waals surface area contributed by atoms with E-state index in [9.17, 15) is 9.59 Å². The third-order valence-corrected chi connectivity index (χ3v) is 2.39. The van der Waals surface area contributed by atoms with Gasteiger partial charge in [0.2, 0.25) is 0 Å². The SMILES string of the molecule is Cc1ccc(Cl)c(OC(=O)CCCC(=O)O)c1. The van der Waals surface area contributed by atoms with Gasteiger partial charge in [0.05, 0.1) is 5.02 Å². The number of carboxylic acids is 1. The average molecular weight is 257 g/mol. The van der Waals surface area contributed by atoms with E-state index < -0.39 is 11.9 Å². The number of ether oxygens (including phenoxy) is 1. The molecule has 92 valence electrons. The van der Waals surface area contributed by atoms with Gasteiger partial charge in [0.1, 0.15) is 5.75 Å². The van der Waals surface area contributed by atoms with Gasteiger partial charge in [-0.3, -0.25) is 9.59 Å². The van der Waals surface area contributed by atoms with Crippen molar-refractivity contribution in [1.29, 1.82) is 0 Å². The summed E-state index contributed by atoms with van der Waals surface area (Å²) in [6.45, 7) is 1.86. The first-order valence-corrected chi connectivity index (χ1v) is 5.55. The van der Waals surface area contributed by atoms with E-state index in [4.69, 9.17) is 21.4 Å². The molecular weight excluding hydrogens is 244 g/mol. The van der Waals surface area contributed by atoms with Gasteiger partial charge in [0.25, 0.3) is 0 Å². The molecule has 5 heteroatoms. The first-order valence-electron chi connectivity index (χ1n) is 5.17. The number of carboxylic acid groups (broad SMARTS) is 1. The highest BCUT2D eigenvalue weighted by Crippen LogP contribution is 2.25. The van der Waals surface area contributed by atoms with E-state index in [2.05, 4.69) is 0 Å². The number of carbonyl (C=O) groups excluding carboxylic acids is 1. The van der Waals surface area contributed by atoms with E-state index in [0.29, 0.717) is 10.8 Å². The minimum Gasteiger partial charge on any atom is -0.481 e. The Kier molecular flexibility index (Phi) is 4.97. The zero-order valence-electron chi connectivity index (χ0n) is 9.40. The maximum absolute atomic E-state index is 11.4. The molecule has 0 aliphatic rings. The first-order chi connectivity index (χ1) is 7.99. The molecule has 4 nitrogen and oxygen atoms in total. The number of hydrogen-bond donors (Lipinski definition) is 1. The van der Waals surface area contributed by atoms with Crippen molar-refractivity contribution in [3.63, 3.8) is 0 Å². The van der Waals surface area contributed by atoms with Crippen molar-refractivity contribution >= 4 is 23.5 Å². The molecule has 1 rings (SSSR count). The van der Waals surface area contributed by atoms with E-state index in [0.717, 1.165) is 5.56 Å². The van der Waals surface area contributed by atoms with Crippen LogP contribution in [-0.4, -0.2) is 17.0 Å². The minimum absolute atomic E-state index is 0.0450. The van der Waals surface area contributed by atoms with Crippen molar-refractivity contribution in [2.24, 2.45) is 0 Å². The van der Waals surface area contributed by atoms with Gasteiger partial charge in [-0.2, -0.15) is 0 Å². The fourth-order valence-corrected chi connectivity index (χ4v) is 1.40. The summed E-state index contributed by atoms with van der Waals surface area (Å²) < 4.78 is 5.04. The van der Waals surface area contributed by atoms with Gasteiger partial charge in [-0.1, -0.05) is 17.7 Å². The lowest BCUT2D eigenvalue weighted by Gasteiger charge is -2.06. The van der Waals surface area contributed by atoms with Gasteiger partial charge in [-0.05, 0) is 31.0 Å². The summed E-state index contributed by atoms with van der Waals surface area (Å²) in [7, 11) is 0. The Morgan fingerprint density at radius 1 is 1.35 bits per heavy atom. The molecule has 0 aliphatic heterocycles. The molecule has 17 heavy (non-hydrogen) atoms. The number of aryl methyl sites for hydroxylation is 1. The maximum Gasteiger partial charge on any atom is 0.311 e. The van der Waals surface area contributed by atoms with Gasteiger partial charge in [-0.15, -0.1) is 0 Å². The average Bonchev–Trinajstić information content (AvgIpc) is 2.23. The summed E-state index contributed by atoms with van der Waals surface area (Å²) in [4.78, 5) is 21.6. The number of aliphatic carboxylic acids is 1. The van der Waals surface area contributed by atoms with Gasteiger partial charge in [0, 0.05) is 12.8 Å². The summed E-state index contributed by atoms with van der Waals surface area (Å²) in [5, 5.41) is 8.79. The Morgan fingerprint density at radius 3 is 2.71 bits per heavy atom. The monoisotopic (exact) mass is 256 g/mol. The topological polar surface area (TPSA) is 63.6 Å². The highest BCUT2D eigenvalue weighted by molar-refractivity contribution is 6.32. The first kappa shape index (κ1) is 13.5. The molecule has 1 N–H and O–H groups in total. The Balaban J connectivity index is 2.50. The molecule has 1 aromatic rings. The van der Waals surface area contributed by atoms with E-state index in [1.165, 1.54) is 0 Å². The van der Waals surface area contributed by atoms with Crippen molar-refractivity contribution in [3.8, 4) is 5.75 Å². The zero-order chi connectivity index (χ0) is 12.8. The number of esters is 1. The molecular formula is C12H13ClO4. The lowest BCUT2D eigenvalue weighted by molar-refractivity contribution is -0.137. The number of halogens is 1. The largest absolute Gasteiger partial charge is 0.481 e. The van der Waals surface area contributed by atoms with Crippen LogP contribution in [0.5, 0.6) is 5.75 Å². The molecule has 0 saturated heterocycles. The molecule has 0 heterocycles. The number of hydrogen-bond acceptors (Lipinski definition) is 3. The predicted octanol–water partition coefficient (Wildman–Crippen LogP) is 2.81. The van der Waals surface area contributed by atoms with Crippen LogP contribution in [-0.2, 0) is 9.59 Å². The van der Waals surface area contributed by atoms with Crippen LogP contribution in [0.25, 0.3) is 0 Å². The molecule has 0 unspecified atom stereocenters.